The molecular weight excluding hydrogens is 186 g/mol. The maximum absolute atomic E-state index is 11.3. The van der Waals surface area contributed by atoms with Crippen LogP contribution >= 0.6 is 0 Å². The molecule has 1 aliphatic rings. The molecule has 0 aromatic heterocycles. The van der Waals surface area contributed by atoms with E-state index in [9.17, 15) is 4.79 Å². The fraction of sp³-hybridized carbons (Fsp3) is 0.769. The summed E-state index contributed by atoms with van der Waals surface area (Å²) in [7, 11) is 0. The van der Waals surface area contributed by atoms with Gasteiger partial charge in [0, 0.05) is 19.2 Å². The molecule has 0 unspecified atom stereocenters. The van der Waals surface area contributed by atoms with Gasteiger partial charge >= 0.3 is 0 Å². The normalized spacial score (nSPS) is 15.8. The molecule has 0 heterocycles. The second-order valence-electron chi connectivity index (χ2n) is 4.19. The first-order valence-corrected chi connectivity index (χ1v) is 5.99. The van der Waals surface area contributed by atoms with Crippen molar-refractivity contribution < 1.29 is 4.79 Å². The zero-order valence-electron chi connectivity index (χ0n) is 11.0. The van der Waals surface area contributed by atoms with Crippen LogP contribution in [0, 0.1) is 5.92 Å². The topological polar surface area (TPSA) is 20.3 Å². The van der Waals surface area contributed by atoms with Gasteiger partial charge in [-0.2, -0.15) is 0 Å². The summed E-state index contributed by atoms with van der Waals surface area (Å²) in [4.78, 5) is 13.1. The Balaban J connectivity index is 0.000000921. The lowest BCUT2D eigenvalue weighted by Crippen LogP contribution is -2.25. The van der Waals surface area contributed by atoms with E-state index in [2.05, 4.69) is 20.8 Å². The Hall–Kier alpha value is -0.790. The summed E-state index contributed by atoms with van der Waals surface area (Å²) >= 11 is 0. The highest BCUT2D eigenvalue weighted by atomic mass is 16.2. The van der Waals surface area contributed by atoms with Gasteiger partial charge in [0.1, 0.15) is 0 Å². The first-order chi connectivity index (χ1) is 7.02. The van der Waals surface area contributed by atoms with Gasteiger partial charge in [-0.15, -0.1) is 0 Å². The van der Waals surface area contributed by atoms with Crippen LogP contribution in [0.5, 0.6) is 0 Å². The van der Waals surface area contributed by atoms with Crippen molar-refractivity contribution in [2.75, 3.05) is 0 Å². The molecule has 1 rings (SSSR count). The lowest BCUT2D eigenvalue weighted by atomic mass is 10.1. The molecule has 0 bridgehead atoms. The van der Waals surface area contributed by atoms with Gasteiger partial charge in [0.15, 0.2) is 0 Å². The largest absolute Gasteiger partial charge is 0.316 e. The van der Waals surface area contributed by atoms with Crippen molar-refractivity contribution in [1.29, 1.82) is 0 Å². The minimum atomic E-state index is 0.169. The van der Waals surface area contributed by atoms with Crippen molar-refractivity contribution in [1.82, 2.24) is 4.90 Å². The predicted molar refractivity (Wildman–Crippen MR) is 65.5 cm³/mol. The molecule has 0 aromatic carbocycles. The van der Waals surface area contributed by atoms with Crippen molar-refractivity contribution in [2.45, 2.75) is 60.4 Å². The summed E-state index contributed by atoms with van der Waals surface area (Å²) in [6, 6.07) is 0.492. The minimum absolute atomic E-state index is 0.169. The van der Waals surface area contributed by atoms with Gasteiger partial charge < -0.3 is 4.90 Å². The summed E-state index contributed by atoms with van der Waals surface area (Å²) < 4.78 is 0. The zero-order valence-corrected chi connectivity index (χ0v) is 11.0. The van der Waals surface area contributed by atoms with Crippen LogP contribution in [0.2, 0.25) is 0 Å². The molecule has 0 aromatic rings. The molecule has 2 heteroatoms. The van der Waals surface area contributed by atoms with Crippen LogP contribution in [0.25, 0.3) is 0 Å². The van der Waals surface area contributed by atoms with Crippen LogP contribution in [0.3, 0.4) is 0 Å². The molecule has 0 N–H and O–H groups in total. The lowest BCUT2D eigenvalue weighted by Gasteiger charge is -2.18. The highest BCUT2D eigenvalue weighted by Crippen LogP contribution is 2.28. The first kappa shape index (κ1) is 14.2. The summed E-state index contributed by atoms with van der Waals surface area (Å²) in [5.74, 6) is 0.697. The molecule has 0 saturated heterocycles. The Bertz CT molecular complexity index is 227. The molecule has 1 fully saturated rings. The molecule has 0 aliphatic heterocycles. The Morgan fingerprint density at radius 3 is 2.00 bits per heavy atom. The molecule has 1 amide bonds. The highest BCUT2D eigenvalue weighted by Gasteiger charge is 2.29. The maximum atomic E-state index is 11.3. The summed E-state index contributed by atoms with van der Waals surface area (Å²) in [5.41, 5.74) is 1.28. The van der Waals surface area contributed by atoms with Gasteiger partial charge in [0.25, 0.3) is 0 Å². The lowest BCUT2D eigenvalue weighted by molar-refractivity contribution is -0.126. The fourth-order valence-corrected chi connectivity index (χ4v) is 1.17. The fourth-order valence-electron chi connectivity index (χ4n) is 1.17. The monoisotopic (exact) mass is 211 g/mol. The summed E-state index contributed by atoms with van der Waals surface area (Å²) in [6.45, 7) is 12.0. The molecule has 0 radical (unpaired) electrons. The molecule has 0 atom stereocenters. The number of hydrogen-bond donors (Lipinski definition) is 0. The predicted octanol–water partition coefficient (Wildman–Crippen LogP) is 3.58. The number of carbonyl (C=O) groups is 1. The smallest absolute Gasteiger partial charge is 0.223 e. The van der Waals surface area contributed by atoms with Gasteiger partial charge in [-0.05, 0) is 25.7 Å². The van der Waals surface area contributed by atoms with Crippen molar-refractivity contribution in [3.05, 3.63) is 11.8 Å². The van der Waals surface area contributed by atoms with Crippen LogP contribution in [0.1, 0.15) is 54.4 Å². The summed E-state index contributed by atoms with van der Waals surface area (Å²) in [6.07, 6.45) is 4.35. The van der Waals surface area contributed by atoms with Gasteiger partial charge in [0.2, 0.25) is 5.91 Å². The number of allylic oxidation sites excluding steroid dienone is 1. The first-order valence-electron chi connectivity index (χ1n) is 5.99. The van der Waals surface area contributed by atoms with Crippen LogP contribution in [0.15, 0.2) is 11.8 Å². The maximum Gasteiger partial charge on any atom is 0.223 e. The Kier molecular flexibility index (Phi) is 6.30. The number of hydrogen-bond acceptors (Lipinski definition) is 1. The van der Waals surface area contributed by atoms with Crippen molar-refractivity contribution in [3.8, 4) is 0 Å². The van der Waals surface area contributed by atoms with Gasteiger partial charge in [-0.1, -0.05) is 33.3 Å². The minimum Gasteiger partial charge on any atom is -0.316 e. The van der Waals surface area contributed by atoms with E-state index in [1.807, 2.05) is 24.9 Å². The van der Waals surface area contributed by atoms with Crippen molar-refractivity contribution >= 4 is 5.91 Å². The Labute approximate surface area is 94.4 Å². The van der Waals surface area contributed by atoms with E-state index < -0.39 is 0 Å². The second-order valence-corrected chi connectivity index (χ2v) is 4.19. The van der Waals surface area contributed by atoms with E-state index >= 15 is 0 Å². The average molecular weight is 211 g/mol. The molecular formula is C13H25NO. The number of amides is 1. The third-order valence-corrected chi connectivity index (χ3v) is 2.56. The van der Waals surface area contributed by atoms with Crippen LogP contribution in [0.4, 0.5) is 0 Å². The number of carbonyl (C=O) groups excluding carboxylic acids is 1. The molecule has 1 aliphatic carbocycles. The Morgan fingerprint density at radius 2 is 1.73 bits per heavy atom. The standard InChI is InChI=1S/C11H19NO.C2H6/c1-8(2)9(3)7-12(10(4)13)11-5-6-11;1-2/h7-8,11H,5-6H2,1-4H3;1-2H3/b9-7+;. The van der Waals surface area contributed by atoms with E-state index in [-0.39, 0.29) is 5.91 Å². The van der Waals surface area contributed by atoms with Crippen molar-refractivity contribution in [3.63, 3.8) is 0 Å². The molecule has 0 spiro atoms. The second kappa shape index (κ2) is 6.65. The van der Waals surface area contributed by atoms with Crippen LogP contribution in [-0.2, 0) is 4.79 Å². The van der Waals surface area contributed by atoms with Gasteiger partial charge in [0.05, 0.1) is 0 Å². The van der Waals surface area contributed by atoms with E-state index in [0.717, 1.165) is 0 Å². The van der Waals surface area contributed by atoms with Gasteiger partial charge in [-0.25, -0.2) is 0 Å². The third-order valence-electron chi connectivity index (χ3n) is 2.56. The number of rotatable bonds is 3. The summed E-state index contributed by atoms with van der Waals surface area (Å²) in [5, 5.41) is 0. The molecule has 88 valence electrons. The quantitative estimate of drug-likeness (QED) is 0.698. The molecule has 1 saturated carbocycles. The van der Waals surface area contributed by atoms with Gasteiger partial charge in [-0.3, -0.25) is 4.79 Å². The SMILES string of the molecule is CC.CC(=O)N(/C=C(\C)C(C)C)C1CC1. The zero-order chi connectivity index (χ0) is 12.0. The third kappa shape index (κ3) is 5.01. The molecule has 2 nitrogen and oxygen atoms in total. The Morgan fingerprint density at radius 1 is 1.27 bits per heavy atom. The highest BCUT2D eigenvalue weighted by molar-refractivity contribution is 5.75. The van der Waals surface area contributed by atoms with Crippen LogP contribution < -0.4 is 0 Å². The van der Waals surface area contributed by atoms with E-state index in [1.165, 1.54) is 18.4 Å². The number of nitrogens with zero attached hydrogens (tertiary/aromatic N) is 1. The van der Waals surface area contributed by atoms with E-state index in [1.54, 1.807) is 6.92 Å². The average Bonchev–Trinajstić information content (AvgIpc) is 2.99. The van der Waals surface area contributed by atoms with Crippen LogP contribution in [-0.4, -0.2) is 16.8 Å². The van der Waals surface area contributed by atoms with E-state index in [0.29, 0.717) is 12.0 Å². The van der Waals surface area contributed by atoms with Crippen molar-refractivity contribution in [2.24, 2.45) is 5.92 Å². The molecule has 15 heavy (non-hydrogen) atoms. The van der Waals surface area contributed by atoms with E-state index in [4.69, 9.17) is 0 Å².